The molecule has 0 amide bonds. The summed E-state index contributed by atoms with van der Waals surface area (Å²) in [5.74, 6) is 0. The fraction of sp³-hybridized carbons (Fsp3) is 0.407. The number of anilines is 2. The van der Waals surface area contributed by atoms with Gasteiger partial charge in [0, 0.05) is 48.1 Å². The SMILES string of the molecule is Cc1cc(C2C(c3ccccn3)NC(=S)N2c2ccc(N3CCOCC3)cc2)c(C)n1C1CC1. The van der Waals surface area contributed by atoms with Gasteiger partial charge in [0.1, 0.15) is 0 Å². The van der Waals surface area contributed by atoms with Crippen LogP contribution in [0.1, 0.15) is 53.6 Å². The van der Waals surface area contributed by atoms with E-state index in [2.05, 4.69) is 76.0 Å². The Morgan fingerprint density at radius 2 is 1.74 bits per heavy atom. The smallest absolute Gasteiger partial charge is 0.174 e. The van der Waals surface area contributed by atoms with Gasteiger partial charge in [0.2, 0.25) is 0 Å². The van der Waals surface area contributed by atoms with Crippen LogP contribution in [0.4, 0.5) is 11.4 Å². The third-order valence-electron chi connectivity index (χ3n) is 7.36. The number of rotatable bonds is 5. The lowest BCUT2D eigenvalue weighted by atomic mass is 9.96. The Bertz CT molecular complexity index is 1180. The van der Waals surface area contributed by atoms with Gasteiger partial charge in [0.05, 0.1) is 31.0 Å². The van der Waals surface area contributed by atoms with Gasteiger partial charge in [0.15, 0.2) is 5.11 Å². The zero-order valence-electron chi connectivity index (χ0n) is 19.8. The molecule has 2 atom stereocenters. The van der Waals surface area contributed by atoms with Crippen molar-refractivity contribution in [2.24, 2.45) is 0 Å². The first-order valence-electron chi connectivity index (χ1n) is 12.2. The van der Waals surface area contributed by atoms with Gasteiger partial charge in [0.25, 0.3) is 0 Å². The van der Waals surface area contributed by atoms with Gasteiger partial charge in [-0.1, -0.05) is 6.07 Å². The highest BCUT2D eigenvalue weighted by molar-refractivity contribution is 7.80. The Kier molecular flexibility index (Phi) is 5.54. The lowest BCUT2D eigenvalue weighted by Gasteiger charge is -2.31. The molecule has 34 heavy (non-hydrogen) atoms. The maximum atomic E-state index is 5.93. The van der Waals surface area contributed by atoms with Gasteiger partial charge in [-0.25, -0.2) is 0 Å². The van der Waals surface area contributed by atoms with Gasteiger partial charge in [-0.2, -0.15) is 0 Å². The predicted molar refractivity (Wildman–Crippen MR) is 140 cm³/mol. The van der Waals surface area contributed by atoms with Crippen molar-refractivity contribution in [2.45, 2.75) is 44.8 Å². The summed E-state index contributed by atoms with van der Waals surface area (Å²) < 4.78 is 8.04. The third kappa shape index (κ3) is 3.77. The summed E-state index contributed by atoms with van der Waals surface area (Å²) in [7, 11) is 0. The minimum Gasteiger partial charge on any atom is -0.378 e. The number of nitrogens with zero attached hydrogens (tertiary/aromatic N) is 4. The van der Waals surface area contributed by atoms with Crippen LogP contribution < -0.4 is 15.1 Å². The molecule has 2 aliphatic heterocycles. The maximum Gasteiger partial charge on any atom is 0.174 e. The first-order chi connectivity index (χ1) is 16.6. The van der Waals surface area contributed by atoms with E-state index in [9.17, 15) is 0 Å². The Labute approximate surface area is 206 Å². The van der Waals surface area contributed by atoms with E-state index in [4.69, 9.17) is 21.9 Å². The first kappa shape index (κ1) is 21.6. The second kappa shape index (κ2) is 8.71. The fourth-order valence-electron chi connectivity index (χ4n) is 5.59. The molecule has 6 rings (SSSR count). The number of hydrogen-bond donors (Lipinski definition) is 1. The zero-order chi connectivity index (χ0) is 23.2. The van der Waals surface area contributed by atoms with E-state index in [0.29, 0.717) is 6.04 Å². The molecule has 4 heterocycles. The molecule has 3 aromatic rings. The van der Waals surface area contributed by atoms with Gasteiger partial charge < -0.3 is 24.4 Å². The summed E-state index contributed by atoms with van der Waals surface area (Å²) in [6, 6.07) is 18.0. The topological polar surface area (TPSA) is 45.6 Å². The monoisotopic (exact) mass is 473 g/mol. The Morgan fingerprint density at radius 1 is 1.00 bits per heavy atom. The minimum absolute atomic E-state index is 0.0132. The lowest BCUT2D eigenvalue weighted by Crippen LogP contribution is -2.36. The summed E-state index contributed by atoms with van der Waals surface area (Å²) >= 11 is 5.93. The number of nitrogens with one attached hydrogen (secondary N) is 1. The summed E-state index contributed by atoms with van der Waals surface area (Å²) in [5.41, 5.74) is 7.34. The normalized spacial score (nSPS) is 22.8. The van der Waals surface area contributed by atoms with Crippen molar-refractivity contribution >= 4 is 28.7 Å². The zero-order valence-corrected chi connectivity index (χ0v) is 20.6. The molecule has 3 fully saturated rings. The van der Waals surface area contributed by atoms with Crippen molar-refractivity contribution in [3.05, 3.63) is 77.4 Å². The molecule has 3 aliphatic rings. The van der Waals surface area contributed by atoms with Crippen molar-refractivity contribution in [3.8, 4) is 0 Å². The largest absolute Gasteiger partial charge is 0.378 e. The summed E-state index contributed by atoms with van der Waals surface area (Å²) in [6.45, 7) is 7.92. The van der Waals surface area contributed by atoms with Crippen LogP contribution in [0.2, 0.25) is 0 Å². The maximum absolute atomic E-state index is 5.93. The summed E-state index contributed by atoms with van der Waals surface area (Å²) in [6.07, 6.45) is 4.41. The van der Waals surface area contributed by atoms with Crippen molar-refractivity contribution in [1.29, 1.82) is 0 Å². The van der Waals surface area contributed by atoms with Gasteiger partial charge in [-0.3, -0.25) is 4.98 Å². The molecular weight excluding hydrogens is 442 g/mol. The number of pyridine rings is 1. The van der Waals surface area contributed by atoms with E-state index < -0.39 is 0 Å². The molecule has 2 aromatic heterocycles. The number of aryl methyl sites for hydroxylation is 1. The van der Waals surface area contributed by atoms with E-state index in [-0.39, 0.29) is 12.1 Å². The van der Waals surface area contributed by atoms with Crippen LogP contribution in [0.25, 0.3) is 0 Å². The molecule has 1 saturated carbocycles. The van der Waals surface area contributed by atoms with Crippen LogP contribution in [-0.2, 0) is 4.74 Å². The molecule has 2 unspecified atom stereocenters. The lowest BCUT2D eigenvalue weighted by molar-refractivity contribution is 0.122. The Hall–Kier alpha value is -2.90. The average molecular weight is 474 g/mol. The molecule has 0 spiro atoms. The highest BCUT2D eigenvalue weighted by atomic mass is 32.1. The highest BCUT2D eigenvalue weighted by Crippen LogP contribution is 2.46. The molecule has 176 valence electrons. The second-order valence-electron chi connectivity index (χ2n) is 9.54. The number of aromatic nitrogens is 2. The van der Waals surface area contributed by atoms with Crippen molar-refractivity contribution in [3.63, 3.8) is 0 Å². The van der Waals surface area contributed by atoms with Crippen LogP contribution in [0.5, 0.6) is 0 Å². The van der Waals surface area contributed by atoms with Gasteiger partial charge in [-0.15, -0.1) is 0 Å². The number of morpholine rings is 1. The molecule has 0 bridgehead atoms. The van der Waals surface area contributed by atoms with Crippen LogP contribution in [0.15, 0.2) is 54.7 Å². The molecule has 7 heteroatoms. The number of ether oxygens (including phenoxy) is 1. The number of hydrogen-bond acceptors (Lipinski definition) is 4. The van der Waals surface area contributed by atoms with Crippen molar-refractivity contribution in [1.82, 2.24) is 14.9 Å². The molecule has 2 saturated heterocycles. The summed E-state index contributed by atoms with van der Waals surface area (Å²) in [5, 5.41) is 4.35. The molecule has 0 radical (unpaired) electrons. The Morgan fingerprint density at radius 3 is 2.41 bits per heavy atom. The van der Waals surface area contributed by atoms with Crippen LogP contribution >= 0.6 is 12.2 Å². The molecular formula is C27H31N5OS. The van der Waals surface area contributed by atoms with E-state index in [1.807, 2.05) is 12.3 Å². The van der Waals surface area contributed by atoms with Crippen molar-refractivity contribution < 1.29 is 4.74 Å². The van der Waals surface area contributed by atoms with E-state index in [0.717, 1.165) is 42.8 Å². The second-order valence-corrected chi connectivity index (χ2v) is 9.93. The predicted octanol–water partition coefficient (Wildman–Crippen LogP) is 4.85. The fourth-order valence-corrected chi connectivity index (χ4v) is 5.94. The van der Waals surface area contributed by atoms with Gasteiger partial charge >= 0.3 is 0 Å². The number of thiocarbonyl (C=S) groups is 1. The quantitative estimate of drug-likeness (QED) is 0.535. The van der Waals surface area contributed by atoms with E-state index in [1.165, 1.54) is 35.5 Å². The van der Waals surface area contributed by atoms with Crippen LogP contribution in [0.3, 0.4) is 0 Å². The van der Waals surface area contributed by atoms with Crippen molar-refractivity contribution in [2.75, 3.05) is 36.1 Å². The van der Waals surface area contributed by atoms with Crippen LogP contribution in [-0.4, -0.2) is 41.0 Å². The standard InChI is InChI=1S/C27H31N5OS/c1-18-17-23(19(2)31(18)21-10-11-21)26-25(24-5-3-4-12-28-24)29-27(34)32(26)22-8-6-20(7-9-22)30-13-15-33-16-14-30/h3-9,12,17,21,25-26H,10-11,13-16H2,1-2H3,(H,29,34). The summed E-state index contributed by atoms with van der Waals surface area (Å²) in [4.78, 5) is 9.38. The Balaban J connectivity index is 1.40. The molecule has 1 N–H and O–H groups in total. The van der Waals surface area contributed by atoms with Crippen LogP contribution in [0, 0.1) is 13.8 Å². The molecule has 1 aliphatic carbocycles. The molecule has 1 aromatic carbocycles. The van der Waals surface area contributed by atoms with Gasteiger partial charge in [-0.05, 0) is 86.9 Å². The first-order valence-corrected chi connectivity index (χ1v) is 12.6. The average Bonchev–Trinajstić information content (AvgIpc) is 3.58. The number of benzene rings is 1. The highest BCUT2D eigenvalue weighted by Gasteiger charge is 2.43. The van der Waals surface area contributed by atoms with E-state index >= 15 is 0 Å². The molecule has 6 nitrogen and oxygen atoms in total. The third-order valence-corrected chi connectivity index (χ3v) is 7.67. The minimum atomic E-state index is -0.0132. The van der Waals surface area contributed by atoms with E-state index in [1.54, 1.807) is 0 Å².